The molecule has 1 heterocycles. The molecule has 0 aliphatic heterocycles. The van der Waals surface area contributed by atoms with E-state index in [4.69, 9.17) is 39.9 Å². The van der Waals surface area contributed by atoms with Crippen LogP contribution in [0.5, 0.6) is 0 Å². The van der Waals surface area contributed by atoms with Crippen molar-refractivity contribution in [2.75, 3.05) is 13.2 Å². The molecule has 188 valence electrons. The molecule has 10 heteroatoms. The number of carbonyl (C=O) groups excluding carboxylic acids is 2. The second kappa shape index (κ2) is 12.1. The summed E-state index contributed by atoms with van der Waals surface area (Å²) in [5, 5.41) is 20.2. The molecule has 0 saturated heterocycles. The van der Waals surface area contributed by atoms with Crippen molar-refractivity contribution in [2.45, 2.75) is 0 Å². The first-order chi connectivity index (χ1) is 17.9. The van der Waals surface area contributed by atoms with Crippen molar-refractivity contribution in [3.8, 4) is 16.9 Å². The van der Waals surface area contributed by atoms with Gasteiger partial charge >= 0.3 is 0 Å². The summed E-state index contributed by atoms with van der Waals surface area (Å²) in [6.45, 7) is -0.265. The molecule has 0 spiro atoms. The molecule has 0 fully saturated rings. The lowest BCUT2D eigenvalue weighted by atomic mass is 10.1. The monoisotopic (exact) mass is 554 g/mol. The number of rotatable bonds is 8. The van der Waals surface area contributed by atoms with Gasteiger partial charge in [0.05, 0.1) is 22.9 Å². The van der Waals surface area contributed by atoms with Crippen molar-refractivity contribution in [3.05, 3.63) is 111 Å². The number of nitrogens with zero attached hydrogens (tertiary/aromatic N) is 2. The quantitative estimate of drug-likeness (QED) is 0.254. The number of benzene rings is 3. The third kappa shape index (κ3) is 6.58. The first-order valence-electron chi connectivity index (χ1n) is 11.1. The Bertz CT molecular complexity index is 1450. The number of para-hydroxylation sites is 1. The zero-order valence-electron chi connectivity index (χ0n) is 19.3. The number of halogens is 3. The predicted molar refractivity (Wildman–Crippen MR) is 146 cm³/mol. The fourth-order valence-corrected chi connectivity index (χ4v) is 4.10. The molecule has 0 radical (unpaired) electrons. The molecular weight excluding hydrogens is 535 g/mol. The zero-order chi connectivity index (χ0) is 26.4. The molecule has 1 aromatic heterocycles. The largest absolute Gasteiger partial charge is 0.395 e. The lowest BCUT2D eigenvalue weighted by Gasteiger charge is -2.11. The van der Waals surface area contributed by atoms with Crippen molar-refractivity contribution in [1.29, 1.82) is 0 Å². The Labute approximate surface area is 228 Å². The molecular formula is C27H21Cl3N4O3. The Morgan fingerprint density at radius 1 is 0.946 bits per heavy atom. The first kappa shape index (κ1) is 26.4. The molecule has 0 aliphatic carbocycles. The van der Waals surface area contributed by atoms with Gasteiger partial charge in [-0.25, -0.2) is 4.68 Å². The van der Waals surface area contributed by atoms with E-state index in [-0.39, 0.29) is 29.4 Å². The highest BCUT2D eigenvalue weighted by Crippen LogP contribution is 2.27. The highest BCUT2D eigenvalue weighted by Gasteiger charge is 2.19. The second-order valence-corrected chi connectivity index (χ2v) is 9.12. The number of nitrogens with one attached hydrogen (secondary N) is 2. The van der Waals surface area contributed by atoms with E-state index < -0.39 is 11.8 Å². The molecule has 3 N–H and O–H groups in total. The maximum absolute atomic E-state index is 13.0. The normalized spacial score (nSPS) is 11.3. The summed E-state index contributed by atoms with van der Waals surface area (Å²) >= 11 is 18.2. The van der Waals surface area contributed by atoms with Crippen LogP contribution >= 0.6 is 34.8 Å². The maximum Gasteiger partial charge on any atom is 0.267 e. The van der Waals surface area contributed by atoms with Crippen molar-refractivity contribution in [3.63, 3.8) is 0 Å². The minimum Gasteiger partial charge on any atom is -0.395 e. The molecule has 0 saturated carbocycles. The second-order valence-electron chi connectivity index (χ2n) is 7.84. The fourth-order valence-electron chi connectivity index (χ4n) is 3.48. The van der Waals surface area contributed by atoms with Crippen LogP contribution in [0.25, 0.3) is 23.0 Å². The molecule has 0 aliphatic rings. The highest BCUT2D eigenvalue weighted by molar-refractivity contribution is 6.36. The van der Waals surface area contributed by atoms with Gasteiger partial charge in [-0.2, -0.15) is 5.10 Å². The van der Waals surface area contributed by atoms with Gasteiger partial charge in [-0.3, -0.25) is 9.59 Å². The predicted octanol–water partition coefficient (Wildman–Crippen LogP) is 5.38. The molecule has 4 aromatic rings. The Balaban J connectivity index is 1.80. The molecule has 7 nitrogen and oxygen atoms in total. The van der Waals surface area contributed by atoms with E-state index >= 15 is 0 Å². The molecule has 4 rings (SSSR count). The molecule has 37 heavy (non-hydrogen) atoms. The van der Waals surface area contributed by atoms with Gasteiger partial charge in [-0.05, 0) is 48.5 Å². The standard InChI is InChI=1S/C27H21Cl3N4O3/c28-19-8-6-17(7-9-19)25-18(16-34(33-25)21-4-2-1-3-5-21)14-24(27(37)31-12-13-35)32-26(36)22-11-10-20(29)15-23(22)30/h1-11,14-16,35H,12-13H2,(H,31,37)(H,32,36)/b24-14-. The summed E-state index contributed by atoms with van der Waals surface area (Å²) in [7, 11) is 0. The molecule has 3 aromatic carbocycles. The van der Waals surface area contributed by atoms with E-state index in [1.54, 1.807) is 23.0 Å². The topological polar surface area (TPSA) is 96.2 Å². The Morgan fingerprint density at radius 2 is 1.65 bits per heavy atom. The van der Waals surface area contributed by atoms with E-state index in [0.29, 0.717) is 21.3 Å². The Hall–Kier alpha value is -3.62. The molecule has 0 unspecified atom stereocenters. The molecule has 2 amide bonds. The number of amides is 2. The van der Waals surface area contributed by atoms with E-state index in [2.05, 4.69) is 10.6 Å². The third-order valence-electron chi connectivity index (χ3n) is 5.25. The van der Waals surface area contributed by atoms with Crippen LogP contribution in [0, 0.1) is 0 Å². The average molecular weight is 556 g/mol. The van der Waals surface area contributed by atoms with Gasteiger partial charge in [0.15, 0.2) is 0 Å². The highest BCUT2D eigenvalue weighted by atomic mass is 35.5. The van der Waals surface area contributed by atoms with Crippen LogP contribution in [-0.2, 0) is 4.79 Å². The average Bonchev–Trinajstić information content (AvgIpc) is 3.31. The van der Waals surface area contributed by atoms with E-state index in [1.165, 1.54) is 24.3 Å². The Kier molecular flexibility index (Phi) is 8.63. The summed E-state index contributed by atoms with van der Waals surface area (Å²) in [6, 6.07) is 21.0. The van der Waals surface area contributed by atoms with Gasteiger partial charge in [0.25, 0.3) is 11.8 Å². The number of aliphatic hydroxyl groups is 1. The lowest BCUT2D eigenvalue weighted by Crippen LogP contribution is -2.36. The van der Waals surface area contributed by atoms with Crippen molar-refractivity contribution in [2.24, 2.45) is 0 Å². The Morgan fingerprint density at radius 3 is 2.32 bits per heavy atom. The first-order valence-corrected chi connectivity index (χ1v) is 12.3. The number of hydrogen-bond donors (Lipinski definition) is 3. The lowest BCUT2D eigenvalue weighted by molar-refractivity contribution is -0.117. The van der Waals surface area contributed by atoms with E-state index in [9.17, 15) is 14.7 Å². The van der Waals surface area contributed by atoms with Crippen LogP contribution in [0.4, 0.5) is 0 Å². The van der Waals surface area contributed by atoms with Gasteiger partial charge in [-0.1, -0.05) is 65.1 Å². The van der Waals surface area contributed by atoms with Gasteiger partial charge in [0.1, 0.15) is 11.4 Å². The van der Waals surface area contributed by atoms with Gasteiger partial charge in [0.2, 0.25) is 0 Å². The number of aliphatic hydroxyl groups excluding tert-OH is 1. The molecule has 0 bridgehead atoms. The maximum atomic E-state index is 13.0. The van der Waals surface area contributed by atoms with Crippen molar-refractivity contribution in [1.82, 2.24) is 20.4 Å². The van der Waals surface area contributed by atoms with Crippen molar-refractivity contribution < 1.29 is 14.7 Å². The van der Waals surface area contributed by atoms with Crippen LogP contribution in [0.3, 0.4) is 0 Å². The summed E-state index contributed by atoms with van der Waals surface area (Å²) in [5.41, 5.74) is 2.76. The van der Waals surface area contributed by atoms with Crippen LogP contribution < -0.4 is 10.6 Å². The minimum atomic E-state index is -0.601. The summed E-state index contributed by atoms with van der Waals surface area (Å²) < 4.78 is 1.68. The van der Waals surface area contributed by atoms with Crippen LogP contribution in [-0.4, -0.2) is 39.9 Å². The SMILES string of the molecule is O=C(NCCO)/C(=C/c1cn(-c2ccccc2)nc1-c1ccc(Cl)cc1)NC(=O)c1ccc(Cl)cc1Cl. The van der Waals surface area contributed by atoms with Gasteiger partial charge in [-0.15, -0.1) is 0 Å². The number of carbonyl (C=O) groups is 2. The third-order valence-corrected chi connectivity index (χ3v) is 6.05. The van der Waals surface area contributed by atoms with E-state index in [1.807, 2.05) is 42.5 Å². The summed E-state index contributed by atoms with van der Waals surface area (Å²) in [5.74, 6) is -1.20. The minimum absolute atomic E-state index is 0.00106. The van der Waals surface area contributed by atoms with Crippen LogP contribution in [0.2, 0.25) is 15.1 Å². The van der Waals surface area contributed by atoms with Gasteiger partial charge < -0.3 is 15.7 Å². The summed E-state index contributed by atoms with van der Waals surface area (Å²) in [4.78, 5) is 26.0. The fraction of sp³-hybridized carbons (Fsp3) is 0.0741. The smallest absolute Gasteiger partial charge is 0.267 e. The summed E-state index contributed by atoms with van der Waals surface area (Å²) in [6.07, 6.45) is 3.27. The zero-order valence-corrected chi connectivity index (χ0v) is 21.6. The van der Waals surface area contributed by atoms with Crippen molar-refractivity contribution >= 4 is 52.7 Å². The number of aromatic nitrogens is 2. The van der Waals surface area contributed by atoms with Gasteiger partial charge in [0, 0.05) is 33.9 Å². The van der Waals surface area contributed by atoms with Crippen LogP contribution in [0.15, 0.2) is 84.7 Å². The molecule has 0 atom stereocenters. The van der Waals surface area contributed by atoms with Crippen LogP contribution in [0.1, 0.15) is 15.9 Å². The van der Waals surface area contributed by atoms with E-state index in [0.717, 1.165) is 11.3 Å². The number of hydrogen-bond acceptors (Lipinski definition) is 4.